The number of rotatable bonds is 6. The van der Waals surface area contributed by atoms with Crippen molar-refractivity contribution in [2.75, 3.05) is 18.8 Å². The zero-order valence-electron chi connectivity index (χ0n) is 21.4. The van der Waals surface area contributed by atoms with E-state index in [1.165, 1.54) is 6.33 Å². The number of hydrogen-bond acceptors (Lipinski definition) is 7. The molecule has 6 rings (SSSR count). The van der Waals surface area contributed by atoms with Gasteiger partial charge in [-0.2, -0.15) is 10.4 Å². The molecular formula is C29H25F2N7O2. The van der Waals surface area contributed by atoms with E-state index in [4.69, 9.17) is 15.6 Å². The molecular weight excluding hydrogens is 516 g/mol. The van der Waals surface area contributed by atoms with Crippen LogP contribution in [0.4, 0.5) is 14.6 Å². The van der Waals surface area contributed by atoms with Gasteiger partial charge in [-0.05, 0) is 55.9 Å². The number of nitrogens with two attached hydrogens (primary N) is 1. The first kappa shape index (κ1) is 25.4. The number of likely N-dealkylation sites (tertiary alicyclic amines) is 1. The van der Waals surface area contributed by atoms with E-state index >= 15 is 0 Å². The molecule has 4 aromatic rings. The number of fused-ring (bicyclic) bond motifs is 1. The van der Waals surface area contributed by atoms with E-state index in [1.807, 2.05) is 0 Å². The van der Waals surface area contributed by atoms with Crippen molar-refractivity contribution in [2.45, 2.75) is 31.7 Å². The highest BCUT2D eigenvalue weighted by Crippen LogP contribution is 2.36. The van der Waals surface area contributed by atoms with Gasteiger partial charge in [0, 0.05) is 36.9 Å². The minimum absolute atomic E-state index is 0.0422. The molecule has 2 fully saturated rings. The van der Waals surface area contributed by atoms with Gasteiger partial charge in [0.15, 0.2) is 5.65 Å². The van der Waals surface area contributed by atoms with Crippen molar-refractivity contribution in [2.24, 2.45) is 5.92 Å². The Kier molecular flexibility index (Phi) is 6.59. The average molecular weight is 542 g/mol. The van der Waals surface area contributed by atoms with Crippen molar-refractivity contribution in [3.8, 4) is 28.8 Å². The van der Waals surface area contributed by atoms with Crippen LogP contribution in [0.5, 0.6) is 11.5 Å². The topological polar surface area (TPSA) is 123 Å². The smallest absolute Gasteiger partial charge is 0.264 e. The summed E-state index contributed by atoms with van der Waals surface area (Å²) in [6.45, 7) is 0.957. The lowest BCUT2D eigenvalue weighted by Crippen LogP contribution is -2.41. The van der Waals surface area contributed by atoms with E-state index in [1.54, 1.807) is 39.9 Å². The molecule has 40 heavy (non-hydrogen) atoms. The first-order chi connectivity index (χ1) is 19.4. The fourth-order valence-corrected chi connectivity index (χ4v) is 5.02. The predicted octanol–water partition coefficient (Wildman–Crippen LogP) is 5.17. The molecule has 1 atom stereocenters. The Hall–Kier alpha value is -4.85. The van der Waals surface area contributed by atoms with Gasteiger partial charge < -0.3 is 15.4 Å². The van der Waals surface area contributed by atoms with Gasteiger partial charge in [0.2, 0.25) is 0 Å². The fourth-order valence-electron chi connectivity index (χ4n) is 5.02. The van der Waals surface area contributed by atoms with Crippen molar-refractivity contribution < 1.29 is 18.3 Å². The molecule has 2 N–H and O–H groups in total. The Morgan fingerprint density at radius 1 is 1.07 bits per heavy atom. The fraction of sp³-hybridized carbons (Fsp3) is 0.276. The quantitative estimate of drug-likeness (QED) is 0.264. The van der Waals surface area contributed by atoms with Crippen LogP contribution in [-0.4, -0.2) is 43.6 Å². The Bertz CT molecular complexity index is 1650. The number of piperidine rings is 1. The van der Waals surface area contributed by atoms with Gasteiger partial charge in [0.05, 0.1) is 11.4 Å². The lowest BCUT2D eigenvalue weighted by Gasteiger charge is -2.32. The second-order valence-electron chi connectivity index (χ2n) is 10.1. The number of ether oxygens (including phenoxy) is 1. The molecule has 1 saturated carbocycles. The van der Waals surface area contributed by atoms with Crippen LogP contribution in [0.15, 0.2) is 60.4 Å². The Labute approximate surface area is 228 Å². The van der Waals surface area contributed by atoms with Crippen LogP contribution in [0.2, 0.25) is 0 Å². The van der Waals surface area contributed by atoms with Gasteiger partial charge in [-0.3, -0.25) is 4.79 Å². The summed E-state index contributed by atoms with van der Waals surface area (Å²) in [6, 6.07) is 11.7. The largest absolute Gasteiger partial charge is 0.457 e. The van der Waals surface area contributed by atoms with Gasteiger partial charge in [-0.25, -0.2) is 23.4 Å². The number of carbonyl (C=O) groups excluding carboxylic acids is 1. The number of benzene rings is 2. The van der Waals surface area contributed by atoms with Crippen LogP contribution < -0.4 is 10.5 Å². The number of halogens is 2. The first-order valence-electron chi connectivity index (χ1n) is 13.0. The molecule has 1 aliphatic carbocycles. The molecule has 0 bridgehead atoms. The van der Waals surface area contributed by atoms with Crippen LogP contribution in [0, 0.1) is 28.9 Å². The van der Waals surface area contributed by atoms with Gasteiger partial charge in [-0.15, -0.1) is 0 Å². The standard InChI is InChI=1S/C29H25F2N7O2/c30-20-11-21(31)13-24(12-20)40-23-7-5-18(6-8-23)26-25-27(33)34-16-35-28(25)38(36-26)22-2-1-9-37(15-22)29(39)19(14-32)10-17-3-4-17/h5-8,10-13,16-17,22H,1-4,9,15H2,(H2,33,34,35)/b19-10-/t22-/m0/s1. The summed E-state index contributed by atoms with van der Waals surface area (Å²) in [6.07, 6.45) is 6.73. The molecule has 2 aliphatic rings. The number of allylic oxidation sites excluding steroid dienone is 1. The van der Waals surface area contributed by atoms with Crippen LogP contribution >= 0.6 is 0 Å². The monoisotopic (exact) mass is 541 g/mol. The highest BCUT2D eigenvalue weighted by atomic mass is 19.1. The van der Waals surface area contributed by atoms with Crippen molar-refractivity contribution >= 4 is 22.8 Å². The minimum Gasteiger partial charge on any atom is -0.457 e. The molecule has 1 saturated heterocycles. The molecule has 0 spiro atoms. The normalized spacial score (nSPS) is 17.6. The lowest BCUT2D eigenvalue weighted by molar-refractivity contribution is -0.128. The summed E-state index contributed by atoms with van der Waals surface area (Å²) in [7, 11) is 0. The van der Waals surface area contributed by atoms with Crippen molar-refractivity contribution in [1.82, 2.24) is 24.6 Å². The van der Waals surface area contributed by atoms with E-state index in [2.05, 4.69) is 16.0 Å². The SMILES string of the molecule is N#C/C(=C/C1CC1)C(=O)N1CCC[C@H](n2nc(-c3ccc(Oc4cc(F)cc(F)c4)cc3)c3c(N)ncnc32)C1. The molecule has 1 aliphatic heterocycles. The molecule has 9 nitrogen and oxygen atoms in total. The first-order valence-corrected chi connectivity index (χ1v) is 13.0. The van der Waals surface area contributed by atoms with Crippen molar-refractivity contribution in [1.29, 1.82) is 5.26 Å². The minimum atomic E-state index is -0.732. The Morgan fingerprint density at radius 2 is 1.82 bits per heavy atom. The lowest BCUT2D eigenvalue weighted by atomic mass is 10.0. The van der Waals surface area contributed by atoms with Crippen LogP contribution in [-0.2, 0) is 4.79 Å². The third-order valence-corrected chi connectivity index (χ3v) is 7.12. The van der Waals surface area contributed by atoms with Crippen LogP contribution in [0.1, 0.15) is 31.7 Å². The maximum absolute atomic E-state index is 13.5. The third kappa shape index (κ3) is 5.08. The number of carbonyl (C=O) groups is 1. The number of aromatic nitrogens is 4. The molecule has 202 valence electrons. The highest BCUT2D eigenvalue weighted by molar-refractivity contribution is 5.99. The third-order valence-electron chi connectivity index (χ3n) is 7.12. The molecule has 11 heteroatoms. The molecule has 2 aromatic carbocycles. The summed E-state index contributed by atoms with van der Waals surface area (Å²) >= 11 is 0. The summed E-state index contributed by atoms with van der Waals surface area (Å²) < 4.78 is 34.5. The Balaban J connectivity index is 1.29. The maximum Gasteiger partial charge on any atom is 0.264 e. The summed E-state index contributed by atoms with van der Waals surface area (Å²) in [5.74, 6) is -0.697. The number of nitrogens with zero attached hydrogens (tertiary/aromatic N) is 6. The van der Waals surface area contributed by atoms with Crippen LogP contribution in [0.25, 0.3) is 22.3 Å². The molecule has 3 heterocycles. The second kappa shape index (κ2) is 10.4. The van der Waals surface area contributed by atoms with Gasteiger partial charge in [0.25, 0.3) is 5.91 Å². The number of anilines is 1. The van der Waals surface area contributed by atoms with Gasteiger partial charge >= 0.3 is 0 Å². The summed E-state index contributed by atoms with van der Waals surface area (Å²) in [5.41, 5.74) is 8.30. The van der Waals surface area contributed by atoms with Crippen molar-refractivity contribution in [3.63, 3.8) is 0 Å². The molecule has 2 aromatic heterocycles. The number of nitriles is 1. The summed E-state index contributed by atoms with van der Waals surface area (Å²) in [5, 5.41) is 15.0. The van der Waals surface area contributed by atoms with E-state index < -0.39 is 11.6 Å². The zero-order chi connectivity index (χ0) is 27.8. The zero-order valence-corrected chi connectivity index (χ0v) is 21.4. The summed E-state index contributed by atoms with van der Waals surface area (Å²) in [4.78, 5) is 23.5. The molecule has 1 amide bonds. The predicted molar refractivity (Wildman–Crippen MR) is 143 cm³/mol. The Morgan fingerprint density at radius 3 is 2.52 bits per heavy atom. The molecule has 0 unspecified atom stereocenters. The highest BCUT2D eigenvalue weighted by Gasteiger charge is 2.31. The molecule has 0 radical (unpaired) electrons. The van der Waals surface area contributed by atoms with Gasteiger partial charge in [0.1, 0.15) is 52.6 Å². The van der Waals surface area contributed by atoms with Gasteiger partial charge in [-0.1, -0.05) is 6.08 Å². The average Bonchev–Trinajstić information content (AvgIpc) is 3.68. The number of hydrogen-bond donors (Lipinski definition) is 1. The maximum atomic E-state index is 13.5. The van der Waals surface area contributed by atoms with Crippen molar-refractivity contribution in [3.05, 3.63) is 72.1 Å². The second-order valence-corrected chi connectivity index (χ2v) is 10.1. The number of amides is 1. The van der Waals surface area contributed by atoms with E-state index in [0.717, 1.165) is 43.9 Å². The van der Waals surface area contributed by atoms with E-state index in [0.29, 0.717) is 47.0 Å². The van der Waals surface area contributed by atoms with E-state index in [9.17, 15) is 18.8 Å². The van der Waals surface area contributed by atoms with E-state index in [-0.39, 0.29) is 29.1 Å². The number of nitrogen functional groups attached to an aromatic ring is 1. The van der Waals surface area contributed by atoms with Crippen LogP contribution in [0.3, 0.4) is 0 Å².